The van der Waals surface area contributed by atoms with Crippen molar-refractivity contribution in [2.45, 2.75) is 6.04 Å². The summed E-state index contributed by atoms with van der Waals surface area (Å²) in [6.07, 6.45) is 0. The number of aromatic nitrogens is 1. The van der Waals surface area contributed by atoms with Crippen molar-refractivity contribution in [1.82, 2.24) is 10.3 Å². The Morgan fingerprint density at radius 2 is 1.85 bits per heavy atom. The fourth-order valence-electron chi connectivity index (χ4n) is 2.36. The second kappa shape index (κ2) is 4.86. The van der Waals surface area contributed by atoms with Crippen LogP contribution in [0.3, 0.4) is 0 Å². The van der Waals surface area contributed by atoms with Gasteiger partial charge in [-0.15, -0.1) is 0 Å². The smallest absolute Gasteiger partial charge is 0.408 e. The summed E-state index contributed by atoms with van der Waals surface area (Å²) in [5.74, 6) is -0.439. The molecule has 20 heavy (non-hydrogen) atoms. The maximum Gasteiger partial charge on any atom is 0.417 e. The molecule has 5 nitrogen and oxygen atoms in total. The standard InChI is InChI=1S/C15H15N3O2/c1-17-14(9-2-5-11(16)6-3-9)10-4-7-12-13(8-10)20-15(19)18-12/h2-8,14,17H,16H2,1H3,(H,18,19). The summed E-state index contributed by atoms with van der Waals surface area (Å²) in [4.78, 5) is 13.8. The van der Waals surface area contributed by atoms with Crippen molar-refractivity contribution in [3.63, 3.8) is 0 Å². The number of aromatic amines is 1. The van der Waals surface area contributed by atoms with E-state index in [1.54, 1.807) is 0 Å². The first-order valence-electron chi connectivity index (χ1n) is 6.33. The molecule has 1 heterocycles. The van der Waals surface area contributed by atoms with E-state index in [0.717, 1.165) is 16.8 Å². The maximum atomic E-state index is 11.2. The average molecular weight is 269 g/mol. The van der Waals surface area contributed by atoms with Crippen molar-refractivity contribution in [3.05, 3.63) is 64.1 Å². The SMILES string of the molecule is CNC(c1ccc(N)cc1)c1ccc2[nH]c(=O)oc2c1. The largest absolute Gasteiger partial charge is 0.417 e. The maximum absolute atomic E-state index is 11.2. The minimum atomic E-state index is -0.439. The number of fused-ring (bicyclic) bond motifs is 1. The van der Waals surface area contributed by atoms with Crippen LogP contribution in [0.2, 0.25) is 0 Å². The minimum Gasteiger partial charge on any atom is -0.408 e. The third kappa shape index (κ3) is 2.19. The fraction of sp³-hybridized carbons (Fsp3) is 0.133. The van der Waals surface area contributed by atoms with Gasteiger partial charge in [0.2, 0.25) is 0 Å². The highest BCUT2D eigenvalue weighted by Gasteiger charge is 2.13. The summed E-state index contributed by atoms with van der Waals surface area (Å²) in [6.45, 7) is 0. The van der Waals surface area contributed by atoms with Crippen molar-refractivity contribution in [1.29, 1.82) is 0 Å². The van der Waals surface area contributed by atoms with E-state index in [1.165, 1.54) is 0 Å². The number of hydrogen-bond donors (Lipinski definition) is 3. The first kappa shape index (κ1) is 12.5. The van der Waals surface area contributed by atoms with Crippen LogP contribution in [-0.2, 0) is 0 Å². The molecule has 0 saturated carbocycles. The van der Waals surface area contributed by atoms with Gasteiger partial charge >= 0.3 is 5.76 Å². The van der Waals surface area contributed by atoms with Crippen LogP contribution >= 0.6 is 0 Å². The Kier molecular flexibility index (Phi) is 3.04. The highest BCUT2D eigenvalue weighted by atomic mass is 16.4. The van der Waals surface area contributed by atoms with E-state index in [4.69, 9.17) is 10.2 Å². The molecule has 0 amide bonds. The third-order valence-electron chi connectivity index (χ3n) is 3.34. The molecule has 0 saturated heterocycles. The lowest BCUT2D eigenvalue weighted by atomic mass is 9.98. The zero-order valence-corrected chi connectivity index (χ0v) is 11.0. The molecule has 1 unspecified atom stereocenters. The van der Waals surface area contributed by atoms with Crippen LogP contribution in [-0.4, -0.2) is 12.0 Å². The molecule has 0 aliphatic heterocycles. The summed E-state index contributed by atoms with van der Waals surface area (Å²) in [5.41, 5.74) is 9.82. The van der Waals surface area contributed by atoms with Crippen molar-refractivity contribution in [2.75, 3.05) is 12.8 Å². The Morgan fingerprint density at radius 1 is 1.15 bits per heavy atom. The summed E-state index contributed by atoms with van der Waals surface area (Å²) < 4.78 is 5.10. The number of H-pyrrole nitrogens is 1. The molecule has 4 N–H and O–H groups in total. The van der Waals surface area contributed by atoms with Gasteiger partial charge in [-0.25, -0.2) is 4.79 Å². The van der Waals surface area contributed by atoms with Gasteiger partial charge in [0.25, 0.3) is 0 Å². The molecule has 0 radical (unpaired) electrons. The van der Waals surface area contributed by atoms with E-state index in [-0.39, 0.29) is 6.04 Å². The second-order valence-corrected chi connectivity index (χ2v) is 4.66. The molecule has 0 spiro atoms. The first-order valence-corrected chi connectivity index (χ1v) is 6.33. The zero-order chi connectivity index (χ0) is 14.1. The Labute approximate surface area is 115 Å². The van der Waals surface area contributed by atoms with Crippen LogP contribution < -0.4 is 16.8 Å². The second-order valence-electron chi connectivity index (χ2n) is 4.66. The van der Waals surface area contributed by atoms with Gasteiger partial charge in [0.1, 0.15) is 0 Å². The number of nitrogens with two attached hydrogens (primary N) is 1. The Balaban J connectivity index is 2.06. The summed E-state index contributed by atoms with van der Waals surface area (Å²) in [7, 11) is 1.89. The van der Waals surface area contributed by atoms with Crippen LogP contribution in [0.1, 0.15) is 17.2 Å². The van der Waals surface area contributed by atoms with Gasteiger partial charge < -0.3 is 15.5 Å². The molecule has 102 valence electrons. The van der Waals surface area contributed by atoms with E-state index in [2.05, 4.69) is 10.3 Å². The lowest BCUT2D eigenvalue weighted by Gasteiger charge is -2.17. The lowest BCUT2D eigenvalue weighted by molar-refractivity contribution is 0.554. The molecule has 0 aliphatic rings. The van der Waals surface area contributed by atoms with Crippen molar-refractivity contribution in [3.8, 4) is 0 Å². The molecule has 0 fully saturated rings. The van der Waals surface area contributed by atoms with Gasteiger partial charge in [0.05, 0.1) is 11.6 Å². The highest BCUT2D eigenvalue weighted by Crippen LogP contribution is 2.25. The van der Waals surface area contributed by atoms with Gasteiger partial charge in [-0.3, -0.25) is 4.98 Å². The van der Waals surface area contributed by atoms with Gasteiger partial charge in [-0.2, -0.15) is 0 Å². The minimum absolute atomic E-state index is 0.0141. The van der Waals surface area contributed by atoms with E-state index < -0.39 is 5.76 Å². The number of oxazole rings is 1. The Bertz CT molecular complexity index is 787. The number of nitrogen functional groups attached to an aromatic ring is 1. The molecule has 1 atom stereocenters. The molecular formula is C15H15N3O2. The molecule has 0 aliphatic carbocycles. The molecule has 0 bridgehead atoms. The summed E-state index contributed by atoms with van der Waals surface area (Å²) >= 11 is 0. The van der Waals surface area contributed by atoms with E-state index >= 15 is 0 Å². The number of anilines is 1. The van der Waals surface area contributed by atoms with Crippen LogP contribution in [0.4, 0.5) is 5.69 Å². The van der Waals surface area contributed by atoms with Gasteiger partial charge in [0, 0.05) is 5.69 Å². The number of nitrogens with one attached hydrogen (secondary N) is 2. The third-order valence-corrected chi connectivity index (χ3v) is 3.34. The van der Waals surface area contributed by atoms with Crippen molar-refractivity contribution < 1.29 is 4.42 Å². The van der Waals surface area contributed by atoms with Gasteiger partial charge in [0.15, 0.2) is 5.58 Å². The van der Waals surface area contributed by atoms with E-state index in [0.29, 0.717) is 11.1 Å². The number of benzene rings is 2. The van der Waals surface area contributed by atoms with Crippen LogP contribution in [0.15, 0.2) is 51.7 Å². The molecule has 2 aromatic carbocycles. The molecule has 3 rings (SSSR count). The monoisotopic (exact) mass is 269 g/mol. The molecule has 5 heteroatoms. The summed E-state index contributed by atoms with van der Waals surface area (Å²) in [5, 5.41) is 3.25. The number of hydrogen-bond acceptors (Lipinski definition) is 4. The Hall–Kier alpha value is -2.53. The first-order chi connectivity index (χ1) is 9.67. The van der Waals surface area contributed by atoms with Crippen LogP contribution in [0.25, 0.3) is 11.1 Å². The predicted molar refractivity (Wildman–Crippen MR) is 78.6 cm³/mol. The van der Waals surface area contributed by atoms with Crippen molar-refractivity contribution in [2.24, 2.45) is 0 Å². The lowest BCUT2D eigenvalue weighted by Crippen LogP contribution is -2.17. The topological polar surface area (TPSA) is 84.0 Å². The zero-order valence-electron chi connectivity index (χ0n) is 11.0. The van der Waals surface area contributed by atoms with Crippen LogP contribution in [0.5, 0.6) is 0 Å². The number of rotatable bonds is 3. The molecule has 1 aromatic heterocycles. The van der Waals surface area contributed by atoms with Gasteiger partial charge in [-0.1, -0.05) is 18.2 Å². The van der Waals surface area contributed by atoms with E-state index in [9.17, 15) is 4.79 Å². The van der Waals surface area contributed by atoms with E-state index in [1.807, 2.05) is 49.5 Å². The Morgan fingerprint density at radius 3 is 2.55 bits per heavy atom. The van der Waals surface area contributed by atoms with Crippen molar-refractivity contribution >= 4 is 16.8 Å². The average Bonchev–Trinajstić information content (AvgIpc) is 2.81. The van der Waals surface area contributed by atoms with Crippen LogP contribution in [0, 0.1) is 0 Å². The predicted octanol–water partition coefficient (Wildman–Crippen LogP) is 2.01. The quantitative estimate of drug-likeness (QED) is 0.635. The highest BCUT2D eigenvalue weighted by molar-refractivity contribution is 5.73. The fourth-order valence-corrected chi connectivity index (χ4v) is 2.36. The normalized spacial score (nSPS) is 12.7. The summed E-state index contributed by atoms with van der Waals surface area (Å²) in [6, 6.07) is 13.4. The van der Waals surface area contributed by atoms with Gasteiger partial charge in [-0.05, 0) is 42.4 Å². The molecular weight excluding hydrogens is 254 g/mol. The molecule has 3 aromatic rings.